The second-order valence-electron chi connectivity index (χ2n) is 4.31. The third-order valence-electron chi connectivity index (χ3n) is 3.07. The maximum Gasteiger partial charge on any atom is 0.0480 e. The third kappa shape index (κ3) is 2.87. The summed E-state index contributed by atoms with van der Waals surface area (Å²) in [5, 5.41) is 1.28. The molecule has 0 bridgehead atoms. The van der Waals surface area contributed by atoms with Gasteiger partial charge in [-0.05, 0) is 42.0 Å². The van der Waals surface area contributed by atoms with Crippen molar-refractivity contribution < 1.29 is 4.74 Å². The van der Waals surface area contributed by atoms with Crippen LogP contribution >= 0.6 is 0 Å². The van der Waals surface area contributed by atoms with Crippen LogP contribution in [-0.4, -0.2) is 18.3 Å². The van der Waals surface area contributed by atoms with Crippen molar-refractivity contribution in [2.24, 2.45) is 5.73 Å². The highest BCUT2D eigenvalue weighted by atomic mass is 16.5. The van der Waals surface area contributed by atoms with Crippen LogP contribution in [0.4, 0.5) is 0 Å². The highest BCUT2D eigenvalue weighted by Gasteiger charge is 2.01. The highest BCUT2D eigenvalue weighted by molar-refractivity contribution is 5.80. The van der Waals surface area contributed by atoms with Gasteiger partial charge in [0.15, 0.2) is 0 Å². The van der Waals surface area contributed by atoms with Gasteiger partial charge in [0.05, 0.1) is 0 Å². The van der Waals surface area contributed by atoms with Crippen molar-refractivity contribution in [2.45, 2.75) is 25.9 Å². The van der Waals surface area contributed by atoms with Crippen LogP contribution < -0.4 is 5.73 Å². The van der Waals surface area contributed by atoms with Gasteiger partial charge in [-0.15, -0.1) is 0 Å². The number of aromatic nitrogens is 1. The van der Waals surface area contributed by atoms with Gasteiger partial charge in [-0.2, -0.15) is 0 Å². The number of nitrogens with zero attached hydrogens (tertiary/aromatic N) is 1. The minimum absolute atomic E-state index is 0.606. The lowest BCUT2D eigenvalue weighted by atomic mass is 10.1. The Labute approximate surface area is 102 Å². The number of ether oxygens (including phenoxy) is 1. The number of unbranched alkanes of at least 4 members (excludes halogenated alkanes) is 1. The van der Waals surface area contributed by atoms with Gasteiger partial charge in [-0.25, -0.2) is 0 Å². The summed E-state index contributed by atoms with van der Waals surface area (Å²) in [6.07, 6.45) is 4.41. The Bertz CT molecular complexity index is 476. The molecule has 2 N–H and O–H groups in total. The predicted molar refractivity (Wildman–Crippen MR) is 70.9 cm³/mol. The molecule has 3 heteroatoms. The molecule has 1 heterocycles. The Morgan fingerprint density at radius 2 is 2.12 bits per heavy atom. The van der Waals surface area contributed by atoms with Gasteiger partial charge in [-0.1, -0.05) is 6.07 Å². The van der Waals surface area contributed by atoms with E-state index in [0.29, 0.717) is 6.54 Å². The minimum Gasteiger partial charge on any atom is -0.385 e. The molecular weight excluding hydrogens is 212 g/mol. The second-order valence-corrected chi connectivity index (χ2v) is 4.31. The Kier molecular flexibility index (Phi) is 4.18. The summed E-state index contributed by atoms with van der Waals surface area (Å²) < 4.78 is 7.35. The van der Waals surface area contributed by atoms with Crippen molar-refractivity contribution in [3.63, 3.8) is 0 Å². The first-order valence-corrected chi connectivity index (χ1v) is 6.12. The van der Waals surface area contributed by atoms with Crippen molar-refractivity contribution in [3.8, 4) is 0 Å². The third-order valence-corrected chi connectivity index (χ3v) is 3.07. The molecule has 1 aromatic carbocycles. The van der Waals surface area contributed by atoms with Crippen LogP contribution in [-0.2, 0) is 17.8 Å². The number of fused-ring (bicyclic) bond motifs is 1. The number of rotatable bonds is 6. The van der Waals surface area contributed by atoms with E-state index in [1.807, 2.05) is 0 Å². The first-order valence-electron chi connectivity index (χ1n) is 6.12. The van der Waals surface area contributed by atoms with E-state index in [1.165, 1.54) is 16.5 Å². The van der Waals surface area contributed by atoms with Crippen LogP contribution in [0.15, 0.2) is 30.5 Å². The van der Waals surface area contributed by atoms with E-state index >= 15 is 0 Å². The van der Waals surface area contributed by atoms with Gasteiger partial charge in [0.2, 0.25) is 0 Å². The molecule has 0 aliphatic carbocycles. The molecule has 3 nitrogen and oxygen atoms in total. The molecule has 2 rings (SSSR count). The van der Waals surface area contributed by atoms with Crippen molar-refractivity contribution in [1.29, 1.82) is 0 Å². The lowest BCUT2D eigenvalue weighted by Gasteiger charge is -2.05. The van der Waals surface area contributed by atoms with Crippen LogP contribution in [0.1, 0.15) is 18.4 Å². The fourth-order valence-corrected chi connectivity index (χ4v) is 2.10. The number of methoxy groups -OCH3 is 1. The smallest absolute Gasteiger partial charge is 0.0480 e. The monoisotopic (exact) mass is 232 g/mol. The zero-order valence-electron chi connectivity index (χ0n) is 10.4. The average molecular weight is 232 g/mol. The van der Waals surface area contributed by atoms with E-state index in [4.69, 9.17) is 10.5 Å². The summed E-state index contributed by atoms with van der Waals surface area (Å²) in [6, 6.07) is 8.59. The number of hydrogen-bond donors (Lipinski definition) is 1. The summed E-state index contributed by atoms with van der Waals surface area (Å²) in [5.41, 5.74) is 8.12. The summed E-state index contributed by atoms with van der Waals surface area (Å²) in [5.74, 6) is 0. The first-order chi connectivity index (χ1) is 8.35. The van der Waals surface area contributed by atoms with E-state index in [9.17, 15) is 0 Å². The Morgan fingerprint density at radius 3 is 2.88 bits per heavy atom. The fourth-order valence-electron chi connectivity index (χ4n) is 2.10. The molecular formula is C14H20N2O. The summed E-state index contributed by atoms with van der Waals surface area (Å²) >= 11 is 0. The fraction of sp³-hybridized carbons (Fsp3) is 0.429. The van der Waals surface area contributed by atoms with Crippen molar-refractivity contribution in [1.82, 2.24) is 4.57 Å². The van der Waals surface area contributed by atoms with E-state index in [2.05, 4.69) is 35.0 Å². The lowest BCUT2D eigenvalue weighted by molar-refractivity contribution is 0.191. The van der Waals surface area contributed by atoms with Crippen molar-refractivity contribution in [2.75, 3.05) is 13.7 Å². The van der Waals surface area contributed by atoms with E-state index in [-0.39, 0.29) is 0 Å². The molecule has 0 aliphatic heterocycles. The zero-order valence-corrected chi connectivity index (χ0v) is 10.4. The Balaban J connectivity index is 2.08. The summed E-state index contributed by atoms with van der Waals surface area (Å²) in [7, 11) is 1.75. The minimum atomic E-state index is 0.606. The molecule has 0 saturated carbocycles. The molecule has 0 fully saturated rings. The molecule has 0 saturated heterocycles. The van der Waals surface area contributed by atoms with E-state index in [1.54, 1.807) is 7.11 Å². The molecule has 1 aromatic heterocycles. The topological polar surface area (TPSA) is 40.2 Å². The van der Waals surface area contributed by atoms with Gasteiger partial charge >= 0.3 is 0 Å². The zero-order chi connectivity index (χ0) is 12.1. The van der Waals surface area contributed by atoms with Crippen molar-refractivity contribution in [3.05, 3.63) is 36.0 Å². The van der Waals surface area contributed by atoms with E-state index in [0.717, 1.165) is 26.0 Å². The number of aryl methyl sites for hydroxylation is 1. The summed E-state index contributed by atoms with van der Waals surface area (Å²) in [6.45, 7) is 2.50. The quantitative estimate of drug-likeness (QED) is 0.777. The van der Waals surface area contributed by atoms with Gasteiger partial charge < -0.3 is 15.0 Å². The van der Waals surface area contributed by atoms with Crippen LogP contribution in [0.3, 0.4) is 0 Å². The van der Waals surface area contributed by atoms with Crippen LogP contribution in [0.5, 0.6) is 0 Å². The molecule has 17 heavy (non-hydrogen) atoms. The molecule has 0 unspecified atom stereocenters. The van der Waals surface area contributed by atoms with Gasteiger partial charge in [0, 0.05) is 38.5 Å². The predicted octanol–water partition coefficient (Wildman–Crippen LogP) is 2.53. The molecule has 2 aromatic rings. The first kappa shape index (κ1) is 12.1. The Hall–Kier alpha value is -1.32. The largest absolute Gasteiger partial charge is 0.385 e. The van der Waals surface area contributed by atoms with Crippen molar-refractivity contribution >= 4 is 10.9 Å². The van der Waals surface area contributed by atoms with Gasteiger partial charge in [0.25, 0.3) is 0 Å². The molecule has 0 aliphatic rings. The molecule has 0 spiro atoms. The van der Waals surface area contributed by atoms with Gasteiger partial charge in [0.1, 0.15) is 0 Å². The molecule has 0 radical (unpaired) electrons. The lowest BCUT2D eigenvalue weighted by Crippen LogP contribution is -1.99. The second kappa shape index (κ2) is 5.84. The number of benzene rings is 1. The SMILES string of the molecule is COCCCCn1ccc2cc(CN)ccc21. The number of hydrogen-bond acceptors (Lipinski definition) is 2. The maximum atomic E-state index is 5.64. The molecule has 92 valence electrons. The normalized spacial score (nSPS) is 11.2. The van der Waals surface area contributed by atoms with E-state index < -0.39 is 0 Å². The highest BCUT2D eigenvalue weighted by Crippen LogP contribution is 2.18. The summed E-state index contributed by atoms with van der Waals surface area (Å²) in [4.78, 5) is 0. The standard InChI is InChI=1S/C14H20N2O/c1-17-9-3-2-7-16-8-6-13-10-12(11-15)4-5-14(13)16/h4-6,8,10H,2-3,7,9,11,15H2,1H3. The maximum absolute atomic E-state index is 5.64. The molecule has 0 atom stereocenters. The van der Waals surface area contributed by atoms with Gasteiger partial charge in [-0.3, -0.25) is 0 Å². The number of nitrogens with two attached hydrogens (primary N) is 1. The van der Waals surface area contributed by atoms with Crippen LogP contribution in [0.2, 0.25) is 0 Å². The van der Waals surface area contributed by atoms with Crippen LogP contribution in [0.25, 0.3) is 10.9 Å². The Morgan fingerprint density at radius 1 is 1.24 bits per heavy atom. The molecule has 0 amide bonds. The average Bonchev–Trinajstić information content (AvgIpc) is 2.77. The van der Waals surface area contributed by atoms with Crippen LogP contribution in [0, 0.1) is 0 Å².